The van der Waals surface area contributed by atoms with Gasteiger partial charge < -0.3 is 5.32 Å². The van der Waals surface area contributed by atoms with E-state index in [9.17, 15) is 18.5 Å². The maximum atomic E-state index is 12.2. The number of nitrogens with zero attached hydrogens (tertiary/aromatic N) is 1. The van der Waals surface area contributed by atoms with Crippen LogP contribution in [0.5, 0.6) is 0 Å². The van der Waals surface area contributed by atoms with Gasteiger partial charge in [-0.25, -0.2) is 13.1 Å². The van der Waals surface area contributed by atoms with Crippen LogP contribution in [0, 0.1) is 22.0 Å². The molecule has 0 aliphatic heterocycles. The summed E-state index contributed by atoms with van der Waals surface area (Å²) < 4.78 is 27.0. The number of non-ortho nitro benzene ring substituents is 1. The Kier molecular flexibility index (Phi) is 3.96. The first kappa shape index (κ1) is 14.7. The predicted molar refractivity (Wildman–Crippen MR) is 75.1 cm³/mol. The van der Waals surface area contributed by atoms with Crippen LogP contribution >= 0.6 is 0 Å². The Bertz CT molecular complexity index is 630. The van der Waals surface area contributed by atoms with E-state index in [4.69, 9.17) is 0 Å². The zero-order chi connectivity index (χ0) is 14.9. The summed E-state index contributed by atoms with van der Waals surface area (Å²) in [6.45, 7) is 2.48. The molecule has 1 aliphatic rings. The summed E-state index contributed by atoms with van der Waals surface area (Å²) in [5, 5.41) is 13.4. The zero-order valence-corrected chi connectivity index (χ0v) is 12.1. The molecular formula is C12H17N3O4S. The van der Waals surface area contributed by atoms with E-state index in [1.807, 2.05) is 0 Å². The van der Waals surface area contributed by atoms with Crippen LogP contribution < -0.4 is 10.0 Å². The molecule has 110 valence electrons. The first-order chi connectivity index (χ1) is 9.35. The van der Waals surface area contributed by atoms with E-state index >= 15 is 0 Å². The molecule has 8 heteroatoms. The van der Waals surface area contributed by atoms with Gasteiger partial charge in [-0.05, 0) is 24.3 Å². The molecule has 1 aliphatic carbocycles. The average Bonchev–Trinajstić information content (AvgIpc) is 3.11. The van der Waals surface area contributed by atoms with Crippen molar-refractivity contribution in [3.05, 3.63) is 28.3 Å². The minimum absolute atomic E-state index is 0.0268. The molecule has 1 aromatic rings. The summed E-state index contributed by atoms with van der Waals surface area (Å²) in [6.07, 6.45) is 1.03. The van der Waals surface area contributed by atoms with Crippen molar-refractivity contribution in [1.82, 2.24) is 4.72 Å². The highest BCUT2D eigenvalue weighted by atomic mass is 32.2. The first-order valence-electron chi connectivity index (χ1n) is 6.31. The number of benzene rings is 1. The normalized spacial score (nSPS) is 21.5. The third-order valence-corrected chi connectivity index (χ3v) is 5.03. The van der Waals surface area contributed by atoms with E-state index in [0.29, 0.717) is 18.4 Å². The summed E-state index contributed by atoms with van der Waals surface area (Å²) in [6, 6.07) is 3.66. The molecule has 0 spiro atoms. The second kappa shape index (κ2) is 5.37. The van der Waals surface area contributed by atoms with Crippen molar-refractivity contribution in [2.45, 2.75) is 18.2 Å². The molecule has 1 saturated carbocycles. The quantitative estimate of drug-likeness (QED) is 0.613. The molecule has 1 aromatic carbocycles. The van der Waals surface area contributed by atoms with Gasteiger partial charge in [-0.15, -0.1) is 0 Å². The Morgan fingerprint density at radius 1 is 1.45 bits per heavy atom. The number of hydrogen-bond donors (Lipinski definition) is 2. The number of nitro groups is 1. The Morgan fingerprint density at radius 2 is 2.10 bits per heavy atom. The molecule has 2 atom stereocenters. The molecule has 2 rings (SSSR count). The minimum atomic E-state index is -3.66. The predicted octanol–water partition coefficient (Wildman–Crippen LogP) is 1.57. The Hall–Kier alpha value is -1.67. The number of hydrogen-bond acceptors (Lipinski definition) is 5. The van der Waals surface area contributed by atoms with Gasteiger partial charge in [0, 0.05) is 25.7 Å². The minimum Gasteiger partial charge on any atom is -0.387 e. The SMILES string of the molecule is CNc1cc([N+](=O)[O-])ccc1S(=O)(=O)NCC1CC1C. The van der Waals surface area contributed by atoms with Crippen molar-refractivity contribution < 1.29 is 13.3 Å². The fraction of sp³-hybridized carbons (Fsp3) is 0.500. The molecule has 0 saturated heterocycles. The van der Waals surface area contributed by atoms with Gasteiger partial charge >= 0.3 is 0 Å². The second-order valence-electron chi connectivity index (χ2n) is 5.01. The number of nitro benzene ring substituents is 1. The van der Waals surface area contributed by atoms with Crippen molar-refractivity contribution in [2.24, 2.45) is 11.8 Å². The lowest BCUT2D eigenvalue weighted by Crippen LogP contribution is -2.26. The number of sulfonamides is 1. The van der Waals surface area contributed by atoms with E-state index < -0.39 is 14.9 Å². The standard InChI is InChI=1S/C12H17N3O4S/c1-8-5-9(8)7-14-20(18,19)12-4-3-10(15(16)17)6-11(12)13-2/h3-4,6,8-9,13-14H,5,7H2,1-2H3. The van der Waals surface area contributed by atoms with Gasteiger partial charge in [-0.3, -0.25) is 10.1 Å². The molecule has 0 amide bonds. The van der Waals surface area contributed by atoms with Crippen LogP contribution in [-0.4, -0.2) is 26.9 Å². The highest BCUT2D eigenvalue weighted by Crippen LogP contribution is 2.37. The molecule has 1 fully saturated rings. The molecule has 0 heterocycles. The van der Waals surface area contributed by atoms with Crippen molar-refractivity contribution in [3.8, 4) is 0 Å². The monoisotopic (exact) mass is 299 g/mol. The largest absolute Gasteiger partial charge is 0.387 e. The topological polar surface area (TPSA) is 101 Å². The fourth-order valence-corrected chi connectivity index (χ4v) is 3.33. The number of rotatable bonds is 6. The van der Waals surface area contributed by atoms with Gasteiger partial charge in [-0.2, -0.15) is 0 Å². The Morgan fingerprint density at radius 3 is 2.60 bits per heavy atom. The van der Waals surface area contributed by atoms with E-state index in [-0.39, 0.29) is 16.3 Å². The Balaban J connectivity index is 2.23. The van der Waals surface area contributed by atoms with Gasteiger partial charge in [0.1, 0.15) is 4.90 Å². The van der Waals surface area contributed by atoms with Crippen LogP contribution in [0.4, 0.5) is 11.4 Å². The summed E-state index contributed by atoms with van der Waals surface area (Å²) in [5.41, 5.74) is 0.0691. The summed E-state index contributed by atoms with van der Waals surface area (Å²) in [7, 11) is -2.13. The molecular weight excluding hydrogens is 282 g/mol. The van der Waals surface area contributed by atoms with Crippen molar-refractivity contribution in [3.63, 3.8) is 0 Å². The zero-order valence-electron chi connectivity index (χ0n) is 11.3. The van der Waals surface area contributed by atoms with Gasteiger partial charge in [0.25, 0.3) is 5.69 Å². The molecule has 0 radical (unpaired) electrons. The van der Waals surface area contributed by atoms with Crippen molar-refractivity contribution in [2.75, 3.05) is 18.9 Å². The van der Waals surface area contributed by atoms with Crippen LogP contribution in [0.15, 0.2) is 23.1 Å². The smallest absolute Gasteiger partial charge is 0.271 e. The van der Waals surface area contributed by atoms with E-state index in [1.54, 1.807) is 0 Å². The van der Waals surface area contributed by atoms with Gasteiger partial charge in [0.15, 0.2) is 0 Å². The number of nitrogens with one attached hydrogen (secondary N) is 2. The van der Waals surface area contributed by atoms with Crippen LogP contribution in [0.1, 0.15) is 13.3 Å². The highest BCUT2D eigenvalue weighted by Gasteiger charge is 2.33. The molecule has 2 N–H and O–H groups in total. The van der Waals surface area contributed by atoms with E-state index in [2.05, 4.69) is 17.0 Å². The van der Waals surface area contributed by atoms with Crippen LogP contribution in [-0.2, 0) is 10.0 Å². The maximum Gasteiger partial charge on any atom is 0.271 e. The average molecular weight is 299 g/mol. The van der Waals surface area contributed by atoms with Gasteiger partial charge in [0.2, 0.25) is 10.0 Å². The lowest BCUT2D eigenvalue weighted by atomic mass is 10.3. The summed E-state index contributed by atoms with van der Waals surface area (Å²) in [5.74, 6) is 0.944. The third-order valence-electron chi connectivity index (χ3n) is 3.54. The molecule has 2 unspecified atom stereocenters. The lowest BCUT2D eigenvalue weighted by Gasteiger charge is -2.11. The van der Waals surface area contributed by atoms with Gasteiger partial charge in [0.05, 0.1) is 10.6 Å². The maximum absolute atomic E-state index is 12.2. The highest BCUT2D eigenvalue weighted by molar-refractivity contribution is 7.89. The molecule has 20 heavy (non-hydrogen) atoms. The van der Waals surface area contributed by atoms with Gasteiger partial charge in [-0.1, -0.05) is 6.92 Å². The second-order valence-corrected chi connectivity index (χ2v) is 6.75. The molecule has 7 nitrogen and oxygen atoms in total. The third kappa shape index (κ3) is 3.07. The summed E-state index contributed by atoms with van der Waals surface area (Å²) >= 11 is 0. The molecule has 0 bridgehead atoms. The molecule has 0 aromatic heterocycles. The van der Waals surface area contributed by atoms with E-state index in [0.717, 1.165) is 6.42 Å². The van der Waals surface area contributed by atoms with Crippen LogP contribution in [0.2, 0.25) is 0 Å². The van der Waals surface area contributed by atoms with Crippen LogP contribution in [0.25, 0.3) is 0 Å². The van der Waals surface area contributed by atoms with Crippen LogP contribution in [0.3, 0.4) is 0 Å². The van der Waals surface area contributed by atoms with E-state index in [1.165, 1.54) is 25.2 Å². The lowest BCUT2D eigenvalue weighted by molar-refractivity contribution is -0.384. The Labute approximate surface area is 117 Å². The number of anilines is 1. The van der Waals surface area contributed by atoms with Crippen molar-refractivity contribution >= 4 is 21.4 Å². The summed E-state index contributed by atoms with van der Waals surface area (Å²) in [4.78, 5) is 10.2. The first-order valence-corrected chi connectivity index (χ1v) is 7.79. The fourth-order valence-electron chi connectivity index (χ4n) is 2.04. The van der Waals surface area contributed by atoms with Crippen molar-refractivity contribution in [1.29, 1.82) is 0 Å².